The zero-order chi connectivity index (χ0) is 20.3. The van der Waals surface area contributed by atoms with Crippen molar-refractivity contribution in [3.63, 3.8) is 0 Å². The maximum Gasteiger partial charge on any atom is 0.168 e. The van der Waals surface area contributed by atoms with Crippen LogP contribution in [0.2, 0.25) is 0 Å². The molecule has 1 heterocycles. The third kappa shape index (κ3) is 4.44. The van der Waals surface area contributed by atoms with Crippen LogP contribution in [0.3, 0.4) is 0 Å². The summed E-state index contributed by atoms with van der Waals surface area (Å²) in [5, 5.41) is 0. The van der Waals surface area contributed by atoms with Crippen molar-refractivity contribution >= 4 is 22.4 Å². The Morgan fingerprint density at radius 2 is 1.59 bits per heavy atom. The van der Waals surface area contributed by atoms with Crippen molar-refractivity contribution in [1.29, 1.82) is 0 Å². The summed E-state index contributed by atoms with van der Waals surface area (Å²) in [7, 11) is -1.36. The molecule has 2 aromatic rings. The second-order valence-electron chi connectivity index (χ2n) is 7.81. The fraction of sp³-hybridized carbons (Fsp3) is 0.417. The molecule has 152 valence electrons. The molecule has 2 atom stereocenters. The van der Waals surface area contributed by atoms with Crippen molar-refractivity contribution in [2.45, 2.75) is 48.0 Å². The van der Waals surface area contributed by atoms with Gasteiger partial charge in [0.05, 0.1) is 29.4 Å². The number of benzene rings is 2. The van der Waals surface area contributed by atoms with Crippen molar-refractivity contribution in [3.8, 4) is 11.8 Å². The van der Waals surface area contributed by atoms with Gasteiger partial charge >= 0.3 is 0 Å². The summed E-state index contributed by atoms with van der Waals surface area (Å²) in [6, 6.07) is 17.6. The van der Waals surface area contributed by atoms with Crippen LogP contribution in [0.1, 0.15) is 36.8 Å². The predicted molar refractivity (Wildman–Crippen MR) is 116 cm³/mol. The van der Waals surface area contributed by atoms with Crippen LogP contribution in [0.5, 0.6) is 0 Å². The van der Waals surface area contributed by atoms with Gasteiger partial charge < -0.3 is 9.47 Å². The molecule has 1 aliphatic carbocycles. The van der Waals surface area contributed by atoms with E-state index in [1.807, 2.05) is 61.5 Å². The van der Waals surface area contributed by atoms with Crippen LogP contribution in [0.25, 0.3) is 0 Å². The van der Waals surface area contributed by atoms with E-state index >= 15 is 0 Å². The summed E-state index contributed by atoms with van der Waals surface area (Å²) >= 11 is 6.92. The lowest BCUT2D eigenvalue weighted by Gasteiger charge is -2.42. The van der Waals surface area contributed by atoms with E-state index in [1.165, 1.54) is 0 Å². The van der Waals surface area contributed by atoms with Crippen molar-refractivity contribution < 1.29 is 13.7 Å². The summed E-state index contributed by atoms with van der Waals surface area (Å²) in [6.45, 7) is 3.27. The van der Waals surface area contributed by atoms with E-state index in [4.69, 9.17) is 21.1 Å². The van der Waals surface area contributed by atoms with Gasteiger partial charge in [0.1, 0.15) is 4.71 Å². The monoisotopic (exact) mass is 428 g/mol. The molecule has 2 aliphatic rings. The van der Waals surface area contributed by atoms with Gasteiger partial charge in [0.25, 0.3) is 0 Å². The number of hydrogen-bond acceptors (Lipinski definition) is 3. The number of rotatable bonds is 3. The summed E-state index contributed by atoms with van der Waals surface area (Å²) < 4.78 is 24.5. The van der Waals surface area contributed by atoms with Crippen molar-refractivity contribution in [3.05, 3.63) is 65.7 Å². The van der Waals surface area contributed by atoms with Gasteiger partial charge in [-0.1, -0.05) is 47.7 Å². The molecule has 1 aliphatic heterocycles. The maximum absolute atomic E-state index is 13.3. The Bertz CT molecular complexity index is 914. The number of alkyl halides is 1. The third-order valence-electron chi connectivity index (χ3n) is 5.82. The van der Waals surface area contributed by atoms with Crippen LogP contribution in [0, 0.1) is 24.2 Å². The predicted octanol–water partition coefficient (Wildman–Crippen LogP) is 5.02. The third-order valence-corrected chi connectivity index (χ3v) is 8.29. The lowest BCUT2D eigenvalue weighted by Crippen LogP contribution is -2.44. The van der Waals surface area contributed by atoms with Gasteiger partial charge in [-0.25, -0.2) is 0 Å². The van der Waals surface area contributed by atoms with Gasteiger partial charge in [0.15, 0.2) is 5.79 Å². The molecule has 2 aromatic carbocycles. The van der Waals surface area contributed by atoms with Gasteiger partial charge in [-0.05, 0) is 44.0 Å². The quantitative estimate of drug-likeness (QED) is 0.508. The lowest BCUT2D eigenvalue weighted by atomic mass is 9.73. The Morgan fingerprint density at radius 1 is 0.966 bits per heavy atom. The zero-order valence-corrected chi connectivity index (χ0v) is 18.1. The molecule has 1 saturated carbocycles. The van der Waals surface area contributed by atoms with E-state index < -0.39 is 26.7 Å². The van der Waals surface area contributed by atoms with Gasteiger partial charge in [-0.3, -0.25) is 4.21 Å². The van der Waals surface area contributed by atoms with Gasteiger partial charge in [-0.2, -0.15) is 0 Å². The van der Waals surface area contributed by atoms with E-state index in [-0.39, 0.29) is 0 Å². The van der Waals surface area contributed by atoms with E-state index in [0.29, 0.717) is 38.9 Å². The Labute approximate surface area is 180 Å². The number of ether oxygens (including phenoxy) is 2. The summed E-state index contributed by atoms with van der Waals surface area (Å²) in [5.41, 5.74) is 1.50. The van der Waals surface area contributed by atoms with Gasteiger partial charge in [-0.15, -0.1) is 11.6 Å². The molecule has 0 bridgehead atoms. The van der Waals surface area contributed by atoms with Crippen LogP contribution in [-0.4, -0.2) is 27.9 Å². The van der Waals surface area contributed by atoms with Crippen LogP contribution < -0.4 is 0 Å². The first-order valence-corrected chi connectivity index (χ1v) is 11.6. The molecule has 0 aromatic heterocycles. The first-order chi connectivity index (χ1) is 14.0. The minimum atomic E-state index is -1.36. The summed E-state index contributed by atoms with van der Waals surface area (Å²) in [5.74, 6) is 6.20. The van der Waals surface area contributed by atoms with Crippen molar-refractivity contribution in [2.24, 2.45) is 5.41 Å². The van der Waals surface area contributed by atoms with Gasteiger partial charge in [0.2, 0.25) is 0 Å². The fourth-order valence-corrected chi connectivity index (χ4v) is 5.92. The normalized spacial score (nSPS) is 21.9. The Balaban J connectivity index is 1.63. The standard InChI is InChI=1S/C24H25ClO3S/c1-19-7-9-21(10-8-19)29(26)22(25)23(12-11-20-5-3-2-4-6-20)13-15-24(16-14-23)27-17-18-28-24/h2-10,22H,13-18H2,1H3. The Hall–Kier alpha value is -1.64. The maximum atomic E-state index is 13.3. The average Bonchev–Trinajstić information content (AvgIpc) is 3.22. The first kappa shape index (κ1) is 20.6. The molecule has 0 amide bonds. The van der Waals surface area contributed by atoms with Crippen LogP contribution in [0.15, 0.2) is 59.5 Å². The van der Waals surface area contributed by atoms with Gasteiger partial charge in [0, 0.05) is 23.3 Å². The van der Waals surface area contributed by atoms with Crippen molar-refractivity contribution in [2.75, 3.05) is 13.2 Å². The molecule has 0 radical (unpaired) electrons. The van der Waals surface area contributed by atoms with E-state index in [2.05, 4.69) is 11.8 Å². The van der Waals surface area contributed by atoms with Crippen LogP contribution in [0.4, 0.5) is 0 Å². The minimum absolute atomic E-state index is 0.514. The molecule has 0 N–H and O–H groups in total. The average molecular weight is 429 g/mol. The highest BCUT2D eigenvalue weighted by Gasteiger charge is 2.50. The topological polar surface area (TPSA) is 35.5 Å². The summed E-state index contributed by atoms with van der Waals surface area (Å²) in [6.07, 6.45) is 2.81. The smallest absolute Gasteiger partial charge is 0.168 e. The molecule has 1 saturated heterocycles. The molecule has 1 spiro atoms. The fourth-order valence-electron chi connectivity index (χ4n) is 3.99. The zero-order valence-electron chi connectivity index (χ0n) is 16.5. The Morgan fingerprint density at radius 3 is 2.21 bits per heavy atom. The molecular formula is C24H25ClO3S. The molecule has 2 fully saturated rings. The highest BCUT2D eigenvalue weighted by molar-refractivity contribution is 7.87. The number of hydrogen-bond donors (Lipinski definition) is 0. The molecule has 29 heavy (non-hydrogen) atoms. The second kappa shape index (κ2) is 8.62. The minimum Gasteiger partial charge on any atom is -0.348 e. The molecular weight excluding hydrogens is 404 g/mol. The highest BCUT2D eigenvalue weighted by Crippen LogP contribution is 2.49. The highest BCUT2D eigenvalue weighted by atomic mass is 35.5. The second-order valence-corrected chi connectivity index (χ2v) is 10.0. The van der Waals surface area contributed by atoms with Crippen molar-refractivity contribution in [1.82, 2.24) is 0 Å². The number of halogens is 1. The van der Waals surface area contributed by atoms with Crippen LogP contribution in [-0.2, 0) is 20.3 Å². The van der Waals surface area contributed by atoms with E-state index in [9.17, 15) is 4.21 Å². The van der Waals surface area contributed by atoms with E-state index in [0.717, 1.165) is 16.0 Å². The molecule has 2 unspecified atom stereocenters. The molecule has 5 heteroatoms. The van der Waals surface area contributed by atoms with E-state index in [1.54, 1.807) is 0 Å². The largest absolute Gasteiger partial charge is 0.348 e. The molecule has 3 nitrogen and oxygen atoms in total. The number of aryl methyl sites for hydroxylation is 1. The first-order valence-electron chi connectivity index (χ1n) is 10.00. The lowest BCUT2D eigenvalue weighted by molar-refractivity contribution is -0.186. The Kier molecular flexibility index (Phi) is 6.13. The molecule has 4 rings (SSSR count). The van der Waals surface area contributed by atoms with Crippen LogP contribution >= 0.6 is 11.6 Å². The summed E-state index contributed by atoms with van der Waals surface area (Å²) in [4.78, 5) is 0.741. The SMILES string of the molecule is Cc1ccc(S(=O)C(Cl)C2(C#Cc3ccccc3)CCC3(CC2)OCCO3)cc1.